The van der Waals surface area contributed by atoms with Gasteiger partial charge in [-0.05, 0) is 13.0 Å². The third kappa shape index (κ3) is 3.30. The fraction of sp³-hybridized carbons (Fsp3) is 0.125. The summed E-state index contributed by atoms with van der Waals surface area (Å²) in [6.45, 7) is 1.67. The summed E-state index contributed by atoms with van der Waals surface area (Å²) in [5, 5.41) is 9.05. The van der Waals surface area contributed by atoms with E-state index in [1.54, 1.807) is 25.4 Å². The summed E-state index contributed by atoms with van der Waals surface area (Å²) >= 11 is 0. The lowest BCUT2D eigenvalue weighted by Crippen LogP contribution is -2.33. The Kier molecular flexibility index (Phi) is 4.27. The van der Waals surface area contributed by atoms with Crippen molar-refractivity contribution < 1.29 is 13.6 Å². The van der Waals surface area contributed by atoms with E-state index < -0.39 is 23.6 Å². The Morgan fingerprint density at radius 1 is 1.29 bits per heavy atom. The van der Waals surface area contributed by atoms with Gasteiger partial charge in [0.2, 0.25) is 0 Å². The number of nitrogens with one attached hydrogen (secondary N) is 3. The first-order chi connectivity index (χ1) is 13.5. The zero-order valence-electron chi connectivity index (χ0n) is 14.4. The topological polar surface area (TPSA) is 144 Å². The van der Waals surface area contributed by atoms with Crippen molar-refractivity contribution in [3.05, 3.63) is 59.1 Å². The van der Waals surface area contributed by atoms with Crippen LogP contribution < -0.4 is 16.4 Å². The van der Waals surface area contributed by atoms with E-state index in [4.69, 9.17) is 4.42 Å². The number of fused-ring (bicyclic) bond motifs is 1. The Morgan fingerprint density at radius 2 is 2.07 bits per heavy atom. The number of carbonyl (C=O) groups excluding carboxylic acids is 1. The van der Waals surface area contributed by atoms with Crippen molar-refractivity contribution in [2.24, 2.45) is 0 Å². The van der Waals surface area contributed by atoms with Crippen LogP contribution in [0.4, 0.5) is 14.9 Å². The molecule has 0 fully saturated rings. The maximum atomic E-state index is 14.1. The molecule has 11 nitrogen and oxygen atoms in total. The second-order valence-electron chi connectivity index (χ2n) is 5.74. The SMILES string of the molecule is CC(NC(=O)Nc1cc2oc(=O)[nH]c2cc1F)c1ncnn1-c1ncccn1. The van der Waals surface area contributed by atoms with Crippen LogP contribution >= 0.6 is 0 Å². The monoisotopic (exact) mass is 384 g/mol. The molecule has 3 N–H and O–H groups in total. The number of aromatic nitrogens is 6. The van der Waals surface area contributed by atoms with Gasteiger partial charge in [-0.15, -0.1) is 0 Å². The number of halogens is 1. The molecular formula is C16H13FN8O3. The smallest absolute Gasteiger partial charge is 0.408 e. The van der Waals surface area contributed by atoms with Gasteiger partial charge in [-0.3, -0.25) is 4.98 Å². The molecule has 1 atom stereocenters. The predicted molar refractivity (Wildman–Crippen MR) is 94.3 cm³/mol. The van der Waals surface area contributed by atoms with Crippen LogP contribution in [0.25, 0.3) is 17.0 Å². The summed E-state index contributed by atoms with van der Waals surface area (Å²) in [6, 6.07) is 2.65. The zero-order chi connectivity index (χ0) is 19.7. The molecule has 4 rings (SSSR count). The first-order valence-corrected chi connectivity index (χ1v) is 8.08. The third-order valence-electron chi connectivity index (χ3n) is 3.81. The third-order valence-corrected chi connectivity index (χ3v) is 3.81. The summed E-state index contributed by atoms with van der Waals surface area (Å²) in [6.07, 6.45) is 4.41. The van der Waals surface area contributed by atoms with Gasteiger partial charge in [0, 0.05) is 24.5 Å². The number of nitrogens with zero attached hydrogens (tertiary/aromatic N) is 5. The van der Waals surface area contributed by atoms with E-state index in [1.165, 1.54) is 17.1 Å². The molecule has 0 aliphatic heterocycles. The van der Waals surface area contributed by atoms with Crippen LogP contribution in [-0.2, 0) is 0 Å². The Labute approximate surface area is 155 Å². The van der Waals surface area contributed by atoms with Crippen molar-refractivity contribution >= 4 is 22.8 Å². The van der Waals surface area contributed by atoms with Crippen LogP contribution in [-0.4, -0.2) is 35.7 Å². The molecule has 0 aliphatic rings. The summed E-state index contributed by atoms with van der Waals surface area (Å²) < 4.78 is 20.4. The van der Waals surface area contributed by atoms with Gasteiger partial charge in [0.05, 0.1) is 17.2 Å². The number of urea groups is 1. The van der Waals surface area contributed by atoms with Crippen LogP contribution in [0.3, 0.4) is 0 Å². The van der Waals surface area contributed by atoms with Gasteiger partial charge in [0.15, 0.2) is 11.4 Å². The number of carbonyl (C=O) groups is 1. The molecular weight excluding hydrogens is 371 g/mol. The van der Waals surface area contributed by atoms with E-state index in [9.17, 15) is 14.0 Å². The second-order valence-corrected chi connectivity index (χ2v) is 5.74. The molecule has 2 amide bonds. The highest BCUT2D eigenvalue weighted by atomic mass is 19.1. The molecule has 0 aliphatic carbocycles. The van der Waals surface area contributed by atoms with Crippen LogP contribution in [0.1, 0.15) is 18.8 Å². The number of H-pyrrole nitrogens is 1. The van der Waals surface area contributed by atoms with Crippen molar-refractivity contribution in [1.82, 2.24) is 35.0 Å². The first kappa shape index (κ1) is 17.3. The van der Waals surface area contributed by atoms with Crippen LogP contribution in [0.5, 0.6) is 0 Å². The van der Waals surface area contributed by atoms with E-state index in [0.29, 0.717) is 11.8 Å². The number of hydrogen-bond acceptors (Lipinski definition) is 7. The molecule has 0 saturated carbocycles. The molecule has 0 bridgehead atoms. The molecule has 3 aromatic heterocycles. The van der Waals surface area contributed by atoms with Crippen molar-refractivity contribution in [3.8, 4) is 5.95 Å². The minimum absolute atomic E-state index is 0.121. The number of oxazole rings is 1. The number of aromatic amines is 1. The average molecular weight is 384 g/mol. The standard InChI is InChI=1S/C16H13FN8O3/c1-8(13-20-7-21-25(13)14-18-3-2-4-19-14)22-15(26)23-10-6-12-11(5-9(10)17)24-16(27)28-12/h2-8H,1H3,(H,24,27)(H2,22,23,26). The summed E-state index contributed by atoms with van der Waals surface area (Å²) in [5.41, 5.74) is 0.168. The van der Waals surface area contributed by atoms with Crippen molar-refractivity contribution in [2.45, 2.75) is 13.0 Å². The van der Waals surface area contributed by atoms with Gasteiger partial charge in [0.1, 0.15) is 12.1 Å². The highest BCUT2D eigenvalue weighted by Crippen LogP contribution is 2.21. The minimum atomic E-state index is -0.729. The molecule has 1 unspecified atom stereocenters. The Bertz CT molecular complexity index is 1200. The van der Waals surface area contributed by atoms with Gasteiger partial charge in [0.25, 0.3) is 5.95 Å². The summed E-state index contributed by atoms with van der Waals surface area (Å²) in [5.74, 6) is -0.766. The Balaban J connectivity index is 1.51. The number of amides is 2. The van der Waals surface area contributed by atoms with E-state index >= 15 is 0 Å². The highest BCUT2D eigenvalue weighted by Gasteiger charge is 2.19. The molecule has 0 spiro atoms. The van der Waals surface area contributed by atoms with Crippen LogP contribution in [0.2, 0.25) is 0 Å². The van der Waals surface area contributed by atoms with Crippen molar-refractivity contribution in [1.29, 1.82) is 0 Å². The van der Waals surface area contributed by atoms with Crippen molar-refractivity contribution in [2.75, 3.05) is 5.32 Å². The maximum Gasteiger partial charge on any atom is 0.417 e. The van der Waals surface area contributed by atoms with E-state index in [0.717, 1.165) is 6.07 Å². The molecule has 12 heteroatoms. The van der Waals surface area contributed by atoms with Crippen LogP contribution in [0, 0.1) is 5.82 Å². The maximum absolute atomic E-state index is 14.1. The lowest BCUT2D eigenvalue weighted by molar-refractivity contribution is 0.248. The molecule has 0 saturated heterocycles. The molecule has 28 heavy (non-hydrogen) atoms. The number of hydrogen-bond donors (Lipinski definition) is 3. The average Bonchev–Trinajstić information content (AvgIpc) is 3.28. The van der Waals surface area contributed by atoms with Gasteiger partial charge in [-0.1, -0.05) is 0 Å². The van der Waals surface area contributed by atoms with Gasteiger partial charge >= 0.3 is 11.8 Å². The van der Waals surface area contributed by atoms with Crippen molar-refractivity contribution in [3.63, 3.8) is 0 Å². The van der Waals surface area contributed by atoms with E-state index in [-0.39, 0.29) is 16.8 Å². The number of rotatable bonds is 4. The predicted octanol–water partition coefficient (Wildman–Crippen LogP) is 1.51. The summed E-state index contributed by atoms with van der Waals surface area (Å²) in [4.78, 5) is 38.1. The largest absolute Gasteiger partial charge is 0.417 e. The fourth-order valence-corrected chi connectivity index (χ4v) is 2.59. The fourth-order valence-electron chi connectivity index (χ4n) is 2.59. The lowest BCUT2D eigenvalue weighted by Gasteiger charge is -2.14. The van der Waals surface area contributed by atoms with Gasteiger partial charge in [-0.2, -0.15) is 9.78 Å². The minimum Gasteiger partial charge on any atom is -0.408 e. The highest BCUT2D eigenvalue weighted by molar-refractivity contribution is 5.91. The quantitative estimate of drug-likeness (QED) is 0.484. The first-order valence-electron chi connectivity index (χ1n) is 8.08. The molecule has 0 radical (unpaired) electrons. The zero-order valence-corrected chi connectivity index (χ0v) is 14.4. The van der Waals surface area contributed by atoms with Gasteiger partial charge in [-0.25, -0.2) is 28.9 Å². The second kappa shape index (κ2) is 6.90. The van der Waals surface area contributed by atoms with E-state index in [2.05, 4.69) is 35.7 Å². The van der Waals surface area contributed by atoms with E-state index in [1.807, 2.05) is 0 Å². The molecule has 4 aromatic rings. The molecule has 1 aromatic carbocycles. The van der Waals surface area contributed by atoms with Gasteiger partial charge < -0.3 is 15.1 Å². The molecule has 142 valence electrons. The molecule has 3 heterocycles. The Hall–Kier alpha value is -4.09. The normalized spacial score (nSPS) is 12.1. The number of benzene rings is 1. The summed E-state index contributed by atoms with van der Waals surface area (Å²) in [7, 11) is 0. The number of anilines is 1. The van der Waals surface area contributed by atoms with Crippen LogP contribution in [0.15, 0.2) is 46.1 Å². The Morgan fingerprint density at radius 3 is 2.86 bits per heavy atom. The lowest BCUT2D eigenvalue weighted by atomic mass is 10.2.